The largest absolute Gasteiger partial charge is 0.359 e. The summed E-state index contributed by atoms with van der Waals surface area (Å²) in [6.07, 6.45) is 1.36. The highest BCUT2D eigenvalue weighted by atomic mass is 35.5. The predicted molar refractivity (Wildman–Crippen MR) is 67.6 cm³/mol. The summed E-state index contributed by atoms with van der Waals surface area (Å²) < 4.78 is 0.263. The highest BCUT2D eigenvalue weighted by Crippen LogP contribution is 2.21. The Morgan fingerprint density at radius 1 is 1.39 bits per heavy atom. The van der Waals surface area contributed by atoms with Gasteiger partial charge in [-0.2, -0.15) is 0 Å². The number of nitrogens with one attached hydrogen (secondary N) is 1. The molecule has 0 aliphatic carbocycles. The zero-order valence-corrected chi connectivity index (χ0v) is 11.4. The third kappa shape index (κ3) is 2.78. The minimum Gasteiger partial charge on any atom is -0.359 e. The molecule has 1 aliphatic heterocycles. The number of hydrogen-bond donors (Lipinski definition) is 1. The van der Waals surface area contributed by atoms with E-state index in [0.29, 0.717) is 30.9 Å². The minimum atomic E-state index is -0.158. The van der Waals surface area contributed by atoms with E-state index in [1.54, 1.807) is 11.9 Å². The molecule has 0 bridgehead atoms. The van der Waals surface area contributed by atoms with Gasteiger partial charge < -0.3 is 10.2 Å². The molecule has 1 aliphatic rings. The zero-order chi connectivity index (χ0) is 13.1. The number of halogens is 1. The molecule has 0 unspecified atom stereocenters. The van der Waals surface area contributed by atoms with Gasteiger partial charge in [0.25, 0.3) is 5.91 Å². The molecule has 0 atom stereocenters. The highest BCUT2D eigenvalue weighted by Gasteiger charge is 2.28. The fraction of sp³-hybridized carbons (Fsp3) is 0.600. The molecule has 1 aromatic rings. The number of amides is 2. The Hall–Kier alpha value is -1.21. The van der Waals surface area contributed by atoms with Crippen LogP contribution in [0.4, 0.5) is 0 Å². The van der Waals surface area contributed by atoms with Crippen LogP contribution in [0.3, 0.4) is 0 Å². The Bertz CT molecular complexity index is 456. The summed E-state index contributed by atoms with van der Waals surface area (Å²) in [5, 5.41) is 10.3. The van der Waals surface area contributed by atoms with E-state index in [9.17, 15) is 9.59 Å². The van der Waals surface area contributed by atoms with Crippen LogP contribution < -0.4 is 5.32 Å². The van der Waals surface area contributed by atoms with E-state index in [0.717, 1.165) is 11.3 Å². The molecular formula is C10H13ClN4O2S. The second kappa shape index (κ2) is 5.62. The molecule has 0 saturated carbocycles. The van der Waals surface area contributed by atoms with Crippen molar-refractivity contribution in [3.8, 4) is 0 Å². The monoisotopic (exact) mass is 288 g/mol. The molecular weight excluding hydrogens is 276 g/mol. The Labute approximate surface area is 113 Å². The third-order valence-electron chi connectivity index (χ3n) is 2.98. The van der Waals surface area contributed by atoms with Crippen LogP contribution in [0.1, 0.15) is 22.6 Å². The maximum Gasteiger partial charge on any atom is 0.284 e. The molecule has 18 heavy (non-hydrogen) atoms. The van der Waals surface area contributed by atoms with Crippen LogP contribution in [0.25, 0.3) is 0 Å². The molecule has 8 heteroatoms. The van der Waals surface area contributed by atoms with Gasteiger partial charge in [-0.3, -0.25) is 9.59 Å². The minimum absolute atomic E-state index is 0.00272. The van der Waals surface area contributed by atoms with Crippen LogP contribution in [0.2, 0.25) is 4.47 Å². The predicted octanol–water partition coefficient (Wildman–Crippen LogP) is 0.790. The molecule has 2 rings (SSSR count). The van der Waals surface area contributed by atoms with Crippen molar-refractivity contribution in [3.63, 3.8) is 0 Å². The summed E-state index contributed by atoms with van der Waals surface area (Å²) in [4.78, 5) is 25.2. The normalized spacial score (nSPS) is 16.7. The summed E-state index contributed by atoms with van der Waals surface area (Å²) in [5.41, 5.74) is 0. The second-order valence-corrected chi connectivity index (χ2v) is 5.60. The van der Waals surface area contributed by atoms with Crippen LogP contribution in [0.15, 0.2) is 0 Å². The van der Waals surface area contributed by atoms with E-state index in [-0.39, 0.29) is 22.2 Å². The summed E-state index contributed by atoms with van der Waals surface area (Å²) in [6.45, 7) is 1.13. The number of nitrogens with zero attached hydrogens (tertiary/aromatic N) is 3. The van der Waals surface area contributed by atoms with Crippen LogP contribution in [0.5, 0.6) is 0 Å². The number of carbonyl (C=O) groups is 2. The van der Waals surface area contributed by atoms with Crippen LogP contribution in [-0.2, 0) is 4.79 Å². The summed E-state index contributed by atoms with van der Waals surface area (Å²) in [5.74, 6) is -0.118. The Morgan fingerprint density at radius 3 is 2.56 bits per heavy atom. The first-order valence-electron chi connectivity index (χ1n) is 5.61. The van der Waals surface area contributed by atoms with Gasteiger partial charge in [-0.1, -0.05) is 11.3 Å². The van der Waals surface area contributed by atoms with Gasteiger partial charge in [-0.15, -0.1) is 10.2 Å². The molecule has 98 valence electrons. The van der Waals surface area contributed by atoms with Crippen molar-refractivity contribution in [2.45, 2.75) is 12.8 Å². The van der Waals surface area contributed by atoms with Crippen molar-refractivity contribution >= 4 is 34.8 Å². The molecule has 0 aromatic carbocycles. The third-order valence-corrected chi connectivity index (χ3v) is 3.99. The number of rotatable bonds is 2. The Morgan fingerprint density at radius 2 is 2.06 bits per heavy atom. The van der Waals surface area contributed by atoms with Crippen molar-refractivity contribution in [1.29, 1.82) is 0 Å². The van der Waals surface area contributed by atoms with Crippen molar-refractivity contribution < 1.29 is 9.59 Å². The number of aromatic nitrogens is 2. The van der Waals surface area contributed by atoms with E-state index in [1.165, 1.54) is 0 Å². The number of piperidine rings is 1. The van der Waals surface area contributed by atoms with Gasteiger partial charge in [0.05, 0.1) is 0 Å². The zero-order valence-electron chi connectivity index (χ0n) is 9.85. The first-order valence-corrected chi connectivity index (χ1v) is 6.81. The number of carbonyl (C=O) groups excluding carboxylic acids is 2. The van der Waals surface area contributed by atoms with Gasteiger partial charge >= 0.3 is 0 Å². The standard InChI is InChI=1S/C10H13ClN4O2S/c1-12-7(16)6-2-4-15(5-3-6)9(17)8-13-14-10(11)18-8/h6H,2-5H2,1H3,(H,12,16). The number of hydrogen-bond acceptors (Lipinski definition) is 5. The number of likely N-dealkylation sites (tertiary alicyclic amines) is 1. The van der Waals surface area contributed by atoms with E-state index < -0.39 is 0 Å². The van der Waals surface area contributed by atoms with Crippen LogP contribution in [0, 0.1) is 5.92 Å². The smallest absolute Gasteiger partial charge is 0.284 e. The first-order chi connectivity index (χ1) is 8.61. The molecule has 1 saturated heterocycles. The lowest BCUT2D eigenvalue weighted by atomic mass is 9.96. The molecule has 0 radical (unpaired) electrons. The van der Waals surface area contributed by atoms with Crippen LogP contribution in [-0.4, -0.2) is 47.0 Å². The highest BCUT2D eigenvalue weighted by molar-refractivity contribution is 7.17. The quantitative estimate of drug-likeness (QED) is 0.873. The maximum absolute atomic E-state index is 12.0. The van der Waals surface area contributed by atoms with Crippen molar-refractivity contribution in [2.24, 2.45) is 5.92 Å². The molecule has 2 heterocycles. The fourth-order valence-corrected chi connectivity index (χ4v) is 2.77. The van der Waals surface area contributed by atoms with Gasteiger partial charge in [0.15, 0.2) is 0 Å². The fourth-order valence-electron chi connectivity index (χ4n) is 1.98. The average molecular weight is 289 g/mol. The second-order valence-electron chi connectivity index (χ2n) is 4.04. The average Bonchev–Trinajstić information content (AvgIpc) is 2.84. The van der Waals surface area contributed by atoms with E-state index in [1.807, 2.05) is 0 Å². The lowest BCUT2D eigenvalue weighted by molar-refractivity contribution is -0.125. The lowest BCUT2D eigenvalue weighted by Gasteiger charge is -2.30. The van der Waals surface area contributed by atoms with Gasteiger partial charge in [0.1, 0.15) is 0 Å². The lowest BCUT2D eigenvalue weighted by Crippen LogP contribution is -2.42. The first kappa shape index (κ1) is 13.2. The summed E-state index contributed by atoms with van der Waals surface area (Å²) in [7, 11) is 1.63. The topological polar surface area (TPSA) is 75.2 Å². The van der Waals surface area contributed by atoms with E-state index in [4.69, 9.17) is 11.6 Å². The molecule has 1 N–H and O–H groups in total. The Balaban J connectivity index is 1.94. The molecule has 1 fully saturated rings. The van der Waals surface area contributed by atoms with Gasteiger partial charge in [0.2, 0.25) is 15.4 Å². The van der Waals surface area contributed by atoms with Gasteiger partial charge in [-0.25, -0.2) is 0 Å². The van der Waals surface area contributed by atoms with Crippen molar-refractivity contribution in [3.05, 3.63) is 9.47 Å². The van der Waals surface area contributed by atoms with Crippen molar-refractivity contribution in [2.75, 3.05) is 20.1 Å². The summed E-state index contributed by atoms with van der Waals surface area (Å²) in [6, 6.07) is 0. The van der Waals surface area contributed by atoms with E-state index >= 15 is 0 Å². The van der Waals surface area contributed by atoms with Gasteiger partial charge in [0, 0.05) is 26.1 Å². The van der Waals surface area contributed by atoms with Crippen LogP contribution >= 0.6 is 22.9 Å². The van der Waals surface area contributed by atoms with E-state index in [2.05, 4.69) is 15.5 Å². The van der Waals surface area contributed by atoms with Gasteiger partial charge in [-0.05, 0) is 24.4 Å². The summed E-state index contributed by atoms with van der Waals surface area (Å²) >= 11 is 6.72. The Kier molecular flexibility index (Phi) is 4.13. The molecule has 0 spiro atoms. The molecule has 2 amide bonds. The van der Waals surface area contributed by atoms with Crippen molar-refractivity contribution in [1.82, 2.24) is 20.4 Å². The molecule has 6 nitrogen and oxygen atoms in total. The SMILES string of the molecule is CNC(=O)C1CCN(C(=O)c2nnc(Cl)s2)CC1. The molecule has 1 aromatic heterocycles. The maximum atomic E-state index is 12.0.